The van der Waals surface area contributed by atoms with Gasteiger partial charge in [-0.05, 0) is 37.3 Å². The molecule has 0 aromatic carbocycles. The predicted octanol–water partition coefficient (Wildman–Crippen LogP) is 1.28. The second-order valence-corrected chi connectivity index (χ2v) is 8.10. The lowest BCUT2D eigenvalue weighted by atomic mass is 10.1. The van der Waals surface area contributed by atoms with Gasteiger partial charge < -0.3 is 5.32 Å². The molecule has 1 heterocycles. The maximum atomic E-state index is 12.4. The largest absolute Gasteiger partial charge is 0.315 e. The molecule has 0 bridgehead atoms. The standard InChI is InChI=1S/C13H29N3O2S2/c1-4-14-10-13-7-5-6-8-16(13)20(17,18)15-9-12(2)11-19-3/h12-15H,4-11H2,1-3H3. The Morgan fingerprint density at radius 2 is 2.15 bits per heavy atom. The van der Waals surface area contributed by atoms with E-state index in [1.807, 2.05) is 13.2 Å². The molecule has 0 saturated carbocycles. The van der Waals surface area contributed by atoms with Gasteiger partial charge in [-0.3, -0.25) is 0 Å². The van der Waals surface area contributed by atoms with Gasteiger partial charge in [-0.2, -0.15) is 24.5 Å². The number of likely N-dealkylation sites (N-methyl/N-ethyl adjacent to an activating group) is 1. The van der Waals surface area contributed by atoms with E-state index in [9.17, 15) is 8.42 Å². The summed E-state index contributed by atoms with van der Waals surface area (Å²) in [7, 11) is -3.34. The van der Waals surface area contributed by atoms with Crippen LogP contribution in [0.25, 0.3) is 0 Å². The molecule has 1 aliphatic rings. The molecule has 2 unspecified atom stereocenters. The van der Waals surface area contributed by atoms with E-state index < -0.39 is 10.2 Å². The minimum absolute atomic E-state index is 0.0945. The molecule has 120 valence electrons. The van der Waals surface area contributed by atoms with E-state index in [2.05, 4.69) is 17.0 Å². The van der Waals surface area contributed by atoms with Crippen LogP contribution >= 0.6 is 11.8 Å². The molecule has 1 saturated heterocycles. The topological polar surface area (TPSA) is 61.4 Å². The highest BCUT2D eigenvalue weighted by Gasteiger charge is 2.31. The normalized spacial score (nSPS) is 22.9. The smallest absolute Gasteiger partial charge is 0.279 e. The Hall–Kier alpha value is 0.180. The fourth-order valence-corrected chi connectivity index (χ4v) is 4.77. The van der Waals surface area contributed by atoms with Gasteiger partial charge in [0.25, 0.3) is 10.2 Å². The predicted molar refractivity (Wildman–Crippen MR) is 87.4 cm³/mol. The fourth-order valence-electron chi connectivity index (χ4n) is 2.48. The molecular formula is C13H29N3O2S2. The van der Waals surface area contributed by atoms with E-state index >= 15 is 0 Å². The minimum atomic E-state index is -3.34. The summed E-state index contributed by atoms with van der Waals surface area (Å²) in [6.07, 6.45) is 5.07. The SMILES string of the molecule is CCNCC1CCCCN1S(=O)(=O)NCC(C)CSC. The summed E-state index contributed by atoms with van der Waals surface area (Å²) < 4.78 is 29.3. The van der Waals surface area contributed by atoms with Crippen molar-refractivity contribution in [3.8, 4) is 0 Å². The molecule has 5 nitrogen and oxygen atoms in total. The van der Waals surface area contributed by atoms with Crippen molar-refractivity contribution in [3.05, 3.63) is 0 Å². The Morgan fingerprint density at radius 1 is 1.40 bits per heavy atom. The van der Waals surface area contributed by atoms with Crippen molar-refractivity contribution < 1.29 is 8.42 Å². The van der Waals surface area contributed by atoms with Crippen LogP contribution in [0.2, 0.25) is 0 Å². The number of piperidine rings is 1. The van der Waals surface area contributed by atoms with Gasteiger partial charge in [0.05, 0.1) is 0 Å². The third kappa shape index (κ3) is 5.89. The average molecular weight is 324 g/mol. The Balaban J connectivity index is 2.57. The van der Waals surface area contributed by atoms with Crippen molar-refractivity contribution in [1.29, 1.82) is 0 Å². The van der Waals surface area contributed by atoms with Gasteiger partial charge in [-0.25, -0.2) is 4.72 Å². The van der Waals surface area contributed by atoms with Crippen molar-refractivity contribution in [1.82, 2.24) is 14.3 Å². The summed E-state index contributed by atoms with van der Waals surface area (Å²) in [5, 5.41) is 3.27. The Kier molecular flexibility index (Phi) is 8.43. The molecular weight excluding hydrogens is 294 g/mol. The van der Waals surface area contributed by atoms with Crippen molar-refractivity contribution in [2.75, 3.05) is 38.2 Å². The van der Waals surface area contributed by atoms with Gasteiger partial charge in [-0.1, -0.05) is 20.3 Å². The molecule has 7 heteroatoms. The van der Waals surface area contributed by atoms with Crippen molar-refractivity contribution >= 4 is 22.0 Å². The Bertz CT molecular complexity index is 363. The van der Waals surface area contributed by atoms with Gasteiger partial charge in [0, 0.05) is 25.7 Å². The van der Waals surface area contributed by atoms with Crippen LogP contribution in [0.15, 0.2) is 0 Å². The first-order chi connectivity index (χ1) is 9.51. The lowest BCUT2D eigenvalue weighted by molar-refractivity contribution is 0.243. The molecule has 1 aliphatic heterocycles. The van der Waals surface area contributed by atoms with E-state index in [0.29, 0.717) is 19.0 Å². The van der Waals surface area contributed by atoms with Crippen LogP contribution in [0.4, 0.5) is 0 Å². The number of rotatable bonds is 9. The first kappa shape index (κ1) is 18.2. The highest BCUT2D eigenvalue weighted by molar-refractivity contribution is 7.98. The first-order valence-corrected chi connectivity index (χ1v) is 10.3. The number of hydrogen-bond donors (Lipinski definition) is 2. The monoisotopic (exact) mass is 323 g/mol. The van der Waals surface area contributed by atoms with Crippen LogP contribution in [-0.2, 0) is 10.2 Å². The van der Waals surface area contributed by atoms with E-state index in [4.69, 9.17) is 0 Å². The second-order valence-electron chi connectivity index (χ2n) is 5.48. The van der Waals surface area contributed by atoms with Crippen molar-refractivity contribution in [2.24, 2.45) is 5.92 Å². The number of nitrogens with one attached hydrogen (secondary N) is 2. The fraction of sp³-hybridized carbons (Fsp3) is 1.00. The molecule has 0 aliphatic carbocycles. The Labute approximate surface area is 128 Å². The lowest BCUT2D eigenvalue weighted by Gasteiger charge is -2.35. The number of nitrogens with zero attached hydrogens (tertiary/aromatic N) is 1. The average Bonchev–Trinajstić information content (AvgIpc) is 2.44. The van der Waals surface area contributed by atoms with Crippen LogP contribution in [0, 0.1) is 5.92 Å². The molecule has 0 radical (unpaired) electrons. The van der Waals surface area contributed by atoms with Gasteiger partial charge in [0.1, 0.15) is 0 Å². The van der Waals surface area contributed by atoms with E-state index in [0.717, 1.165) is 38.1 Å². The van der Waals surface area contributed by atoms with Gasteiger partial charge in [0.2, 0.25) is 0 Å². The molecule has 0 spiro atoms. The zero-order valence-corrected chi connectivity index (χ0v) is 14.5. The molecule has 20 heavy (non-hydrogen) atoms. The highest BCUT2D eigenvalue weighted by Crippen LogP contribution is 2.19. The number of hydrogen-bond acceptors (Lipinski definition) is 4. The quantitative estimate of drug-likeness (QED) is 0.671. The second kappa shape index (κ2) is 9.25. The lowest BCUT2D eigenvalue weighted by Crippen LogP contribution is -2.52. The molecule has 0 aromatic heterocycles. The van der Waals surface area contributed by atoms with E-state index in [1.54, 1.807) is 16.1 Å². The Morgan fingerprint density at radius 3 is 2.80 bits per heavy atom. The third-order valence-electron chi connectivity index (χ3n) is 3.58. The summed E-state index contributed by atoms with van der Waals surface area (Å²) in [5.41, 5.74) is 0. The zero-order chi connectivity index (χ0) is 15.0. The first-order valence-electron chi connectivity index (χ1n) is 7.47. The third-order valence-corrected chi connectivity index (χ3v) is 6.11. The minimum Gasteiger partial charge on any atom is -0.315 e. The van der Waals surface area contributed by atoms with Crippen LogP contribution in [-0.4, -0.2) is 57.0 Å². The van der Waals surface area contributed by atoms with E-state index in [-0.39, 0.29) is 6.04 Å². The van der Waals surface area contributed by atoms with Crippen molar-refractivity contribution in [2.45, 2.75) is 39.2 Å². The molecule has 2 N–H and O–H groups in total. The summed E-state index contributed by atoms with van der Waals surface area (Å²) >= 11 is 1.75. The van der Waals surface area contributed by atoms with Crippen LogP contribution < -0.4 is 10.0 Å². The van der Waals surface area contributed by atoms with Gasteiger partial charge in [-0.15, -0.1) is 0 Å². The molecule has 1 fully saturated rings. The zero-order valence-electron chi connectivity index (χ0n) is 12.9. The van der Waals surface area contributed by atoms with Crippen molar-refractivity contribution in [3.63, 3.8) is 0 Å². The molecule has 0 aromatic rings. The molecule has 0 amide bonds. The summed E-state index contributed by atoms with van der Waals surface area (Å²) in [4.78, 5) is 0. The van der Waals surface area contributed by atoms with E-state index in [1.165, 1.54) is 0 Å². The van der Waals surface area contributed by atoms with Gasteiger partial charge >= 0.3 is 0 Å². The molecule has 2 atom stereocenters. The number of thioether (sulfide) groups is 1. The summed E-state index contributed by atoms with van der Waals surface area (Å²) in [5.74, 6) is 1.33. The van der Waals surface area contributed by atoms with Crippen LogP contribution in [0.3, 0.4) is 0 Å². The van der Waals surface area contributed by atoms with Gasteiger partial charge in [0.15, 0.2) is 0 Å². The van der Waals surface area contributed by atoms with Crippen LogP contribution in [0.1, 0.15) is 33.1 Å². The maximum absolute atomic E-state index is 12.4. The van der Waals surface area contributed by atoms with Crippen LogP contribution in [0.5, 0.6) is 0 Å². The highest BCUT2D eigenvalue weighted by atomic mass is 32.2. The molecule has 1 rings (SSSR count). The maximum Gasteiger partial charge on any atom is 0.279 e. The summed E-state index contributed by atoms with van der Waals surface area (Å²) in [6.45, 7) is 6.91. The summed E-state index contributed by atoms with van der Waals surface area (Å²) in [6, 6.07) is 0.0945.